The molecular weight excluding hydrogens is 824 g/mol. The largest absolute Gasteiger partial charge is 0.470 e. The molecule has 356 valence electrons. The van der Waals surface area contributed by atoms with Crippen molar-refractivity contribution in [3.05, 3.63) is 204 Å². The molecule has 2 N–H and O–H groups in total. The summed E-state index contributed by atoms with van der Waals surface area (Å²) in [7, 11) is 0. The molecular formula is C64H81BN2O. The molecule has 0 amide bonds. The van der Waals surface area contributed by atoms with Gasteiger partial charge in [0, 0.05) is 23.3 Å². The Morgan fingerprint density at radius 2 is 1.44 bits per heavy atom. The topological polar surface area (TPSA) is 37.2 Å². The van der Waals surface area contributed by atoms with Gasteiger partial charge in [0.15, 0.2) is 0 Å². The number of hydrogen-bond donors (Lipinski definition) is 2. The zero-order valence-corrected chi connectivity index (χ0v) is 43.8. The zero-order chi connectivity index (χ0) is 49.5. The minimum absolute atomic E-state index is 0.0607. The summed E-state index contributed by atoms with van der Waals surface area (Å²) in [5, 5.41) is 11.2. The Labute approximate surface area is 412 Å². The first kappa shape index (κ1) is 51.7. The molecule has 68 heavy (non-hydrogen) atoms. The number of benzene rings is 3. The minimum atomic E-state index is -0.290. The third-order valence-corrected chi connectivity index (χ3v) is 14.4. The fourth-order valence-corrected chi connectivity index (χ4v) is 10.00. The number of fused-ring (bicyclic) bond motifs is 4. The average Bonchev–Trinajstić information content (AvgIpc) is 3.81. The van der Waals surface area contributed by atoms with E-state index in [1.807, 2.05) is 18.2 Å². The van der Waals surface area contributed by atoms with Gasteiger partial charge in [0.1, 0.15) is 5.58 Å². The van der Waals surface area contributed by atoms with Crippen LogP contribution in [0.4, 0.5) is 0 Å². The molecule has 0 atom stereocenters. The Hall–Kier alpha value is -5.74. The van der Waals surface area contributed by atoms with Crippen LogP contribution >= 0.6 is 0 Å². The lowest BCUT2D eigenvalue weighted by molar-refractivity contribution is 0.332. The normalized spacial score (nSPS) is 18.2. The van der Waals surface area contributed by atoms with Crippen molar-refractivity contribution in [2.75, 3.05) is 6.54 Å². The monoisotopic (exact) mass is 905 g/mol. The van der Waals surface area contributed by atoms with E-state index in [0.717, 1.165) is 64.8 Å². The third-order valence-electron chi connectivity index (χ3n) is 14.4. The SMILES string of the molecule is C=C/C=C(N/C(C=C)=C/C=C/C(C)(C)CCCC)\C(=C\NC/C=C\C=C1/CC(C)(C)c2cc3ccccc3cc21)B(/C=C/C=C(\C=C)C(C)(C)C)c1cc2cc3c(cc2o1)C(C)(C)CCC3(C)C. The van der Waals surface area contributed by atoms with Gasteiger partial charge in [-0.05, 0) is 157 Å². The highest BCUT2D eigenvalue weighted by Crippen LogP contribution is 2.48. The maximum absolute atomic E-state index is 7.05. The quantitative estimate of drug-likeness (QED) is 0.0559. The molecule has 0 fully saturated rings. The Morgan fingerprint density at radius 1 is 0.765 bits per heavy atom. The van der Waals surface area contributed by atoms with E-state index >= 15 is 0 Å². The molecule has 2 aliphatic carbocycles. The van der Waals surface area contributed by atoms with Gasteiger partial charge in [-0.2, -0.15) is 0 Å². The summed E-state index contributed by atoms with van der Waals surface area (Å²) in [6.45, 7) is 40.7. The molecule has 0 radical (unpaired) electrons. The summed E-state index contributed by atoms with van der Waals surface area (Å²) in [5.41, 5.74) is 12.9. The van der Waals surface area contributed by atoms with Gasteiger partial charge >= 0.3 is 0 Å². The van der Waals surface area contributed by atoms with E-state index in [9.17, 15) is 0 Å². The molecule has 1 heterocycles. The maximum atomic E-state index is 7.05. The van der Waals surface area contributed by atoms with Gasteiger partial charge in [-0.3, -0.25) is 0 Å². The van der Waals surface area contributed by atoms with Crippen LogP contribution in [0.3, 0.4) is 0 Å². The molecule has 3 nitrogen and oxygen atoms in total. The molecule has 3 aromatic carbocycles. The predicted octanol–water partition coefficient (Wildman–Crippen LogP) is 16.7. The molecule has 6 rings (SSSR count). The van der Waals surface area contributed by atoms with Gasteiger partial charge in [0.2, 0.25) is 0 Å². The van der Waals surface area contributed by atoms with Crippen LogP contribution in [0.2, 0.25) is 0 Å². The second-order valence-electron chi connectivity index (χ2n) is 22.9. The molecule has 2 aliphatic rings. The summed E-state index contributed by atoms with van der Waals surface area (Å²) in [5.74, 6) is 2.25. The van der Waals surface area contributed by atoms with Crippen LogP contribution in [0.15, 0.2) is 186 Å². The molecule has 0 bridgehead atoms. The van der Waals surface area contributed by atoms with Crippen molar-refractivity contribution in [2.45, 2.75) is 138 Å². The van der Waals surface area contributed by atoms with Crippen LogP contribution in [0, 0.1) is 10.8 Å². The van der Waals surface area contributed by atoms with Crippen molar-refractivity contribution >= 4 is 39.7 Å². The molecule has 1 aromatic heterocycles. The smallest absolute Gasteiger partial charge is 0.284 e. The van der Waals surface area contributed by atoms with Gasteiger partial charge in [-0.25, -0.2) is 0 Å². The highest BCUT2D eigenvalue weighted by Gasteiger charge is 2.38. The Kier molecular flexibility index (Phi) is 16.2. The molecule has 0 saturated carbocycles. The van der Waals surface area contributed by atoms with Crippen molar-refractivity contribution in [1.29, 1.82) is 0 Å². The highest BCUT2D eigenvalue weighted by atomic mass is 16.3. The van der Waals surface area contributed by atoms with Gasteiger partial charge in [0.25, 0.3) is 6.71 Å². The van der Waals surface area contributed by atoms with E-state index in [1.54, 1.807) is 0 Å². The number of furan rings is 1. The standard InChI is InChI=1S/C64H81BN2O/c1-16-20-33-61(8,9)34-25-32-51(19-4)67-57(27-17-2)56(45-66-38-24-23-30-48-44-64(14,15)53-40-47-29-22-21-28-46(47)39-52(48)53)65(37-26-31-50(18-3)60(5,6)7)59-42-49-41-54-55(43-58(49)68-59)63(12,13)36-35-62(54,10)11/h17-19,21-32,34,37,39-43,45,66-67H,2-4,16,20,33,35-36,38,44H2,1,5-15H3/b24-23-,34-25+,37-26+,48-30+,50-31+,51-32+,56-45-,57-27+. The van der Waals surface area contributed by atoms with Gasteiger partial charge in [-0.1, -0.05) is 195 Å². The zero-order valence-electron chi connectivity index (χ0n) is 43.8. The van der Waals surface area contributed by atoms with Crippen molar-refractivity contribution in [3.8, 4) is 0 Å². The van der Waals surface area contributed by atoms with E-state index < -0.39 is 0 Å². The van der Waals surface area contributed by atoms with E-state index in [-0.39, 0.29) is 33.8 Å². The van der Waals surface area contributed by atoms with Crippen LogP contribution < -0.4 is 16.3 Å². The fraction of sp³-hybridized carbons (Fsp3) is 0.375. The average molecular weight is 905 g/mol. The maximum Gasteiger partial charge on any atom is 0.284 e. The first-order valence-electron chi connectivity index (χ1n) is 25.2. The summed E-state index contributed by atoms with van der Waals surface area (Å²) in [6, 6.07) is 20.4. The summed E-state index contributed by atoms with van der Waals surface area (Å²) < 4.78 is 7.05. The number of nitrogens with one attached hydrogen (secondary N) is 2. The lowest BCUT2D eigenvalue weighted by Gasteiger charge is -2.41. The van der Waals surface area contributed by atoms with Gasteiger partial charge in [-0.15, -0.1) is 5.98 Å². The van der Waals surface area contributed by atoms with Crippen LogP contribution in [0.1, 0.15) is 144 Å². The van der Waals surface area contributed by atoms with E-state index in [0.29, 0.717) is 6.54 Å². The van der Waals surface area contributed by atoms with Crippen LogP contribution in [0.5, 0.6) is 0 Å². The van der Waals surface area contributed by atoms with Crippen molar-refractivity contribution in [1.82, 2.24) is 10.6 Å². The second-order valence-corrected chi connectivity index (χ2v) is 22.9. The summed E-state index contributed by atoms with van der Waals surface area (Å²) in [4.78, 5) is 0. The number of allylic oxidation sites excluding steroid dienone is 14. The molecule has 0 spiro atoms. The van der Waals surface area contributed by atoms with Crippen LogP contribution in [-0.4, -0.2) is 13.3 Å². The van der Waals surface area contributed by atoms with E-state index in [2.05, 4.69) is 235 Å². The first-order valence-corrected chi connectivity index (χ1v) is 25.2. The minimum Gasteiger partial charge on any atom is -0.470 e. The number of hydrogen-bond acceptors (Lipinski definition) is 3. The van der Waals surface area contributed by atoms with Gasteiger partial charge in [0.05, 0.1) is 5.66 Å². The molecule has 4 heteroatoms. The third kappa shape index (κ3) is 12.3. The Morgan fingerprint density at radius 3 is 2.09 bits per heavy atom. The second kappa shape index (κ2) is 21.3. The predicted molar refractivity (Wildman–Crippen MR) is 301 cm³/mol. The number of rotatable bonds is 19. The van der Waals surface area contributed by atoms with Crippen LogP contribution in [-0.2, 0) is 16.2 Å². The summed E-state index contributed by atoms with van der Waals surface area (Å²) in [6.07, 6.45) is 34.4. The summed E-state index contributed by atoms with van der Waals surface area (Å²) >= 11 is 0. The molecule has 4 aromatic rings. The van der Waals surface area contributed by atoms with Crippen molar-refractivity contribution < 1.29 is 4.42 Å². The van der Waals surface area contributed by atoms with Crippen LogP contribution in [0.25, 0.3) is 27.3 Å². The van der Waals surface area contributed by atoms with E-state index in [4.69, 9.17) is 4.42 Å². The van der Waals surface area contributed by atoms with Crippen molar-refractivity contribution in [3.63, 3.8) is 0 Å². The first-order chi connectivity index (χ1) is 32.1. The lowest BCUT2D eigenvalue weighted by atomic mass is 9.41. The fourth-order valence-electron chi connectivity index (χ4n) is 10.00. The van der Waals surface area contributed by atoms with Gasteiger partial charge < -0.3 is 15.1 Å². The number of unbranched alkanes of at least 4 members (excludes halogenated alkanes) is 1. The lowest BCUT2D eigenvalue weighted by Crippen LogP contribution is -2.34. The molecule has 0 saturated heterocycles. The van der Waals surface area contributed by atoms with Crippen molar-refractivity contribution in [2.24, 2.45) is 10.8 Å². The Bertz CT molecular complexity index is 2700. The van der Waals surface area contributed by atoms with E-state index in [1.165, 1.54) is 51.4 Å². The molecule has 0 aliphatic heterocycles. The molecule has 0 unspecified atom stereocenters. The Balaban J connectivity index is 1.44. The highest BCUT2D eigenvalue weighted by molar-refractivity contribution is 6.84.